The van der Waals surface area contributed by atoms with Gasteiger partial charge >= 0.3 is 5.97 Å². The molecule has 188 valence electrons. The van der Waals surface area contributed by atoms with E-state index in [2.05, 4.69) is 10.6 Å². The molecule has 0 spiro atoms. The Morgan fingerprint density at radius 3 is 2.44 bits per heavy atom. The summed E-state index contributed by atoms with van der Waals surface area (Å²) in [5, 5.41) is 6.29. The van der Waals surface area contributed by atoms with Crippen LogP contribution in [0.1, 0.15) is 63.4 Å². The first-order valence-corrected chi connectivity index (χ1v) is 13.0. The van der Waals surface area contributed by atoms with Gasteiger partial charge in [-0.15, -0.1) is 11.3 Å². The standard InChI is InChI=1S/C28H30N2O5S/c1-3-18-9-5-7-11-22(18)29-26(32)19-13-15-20(16-14-19)35-17-24(31)30-27-25(28(33)34-4-2)21-10-6-8-12-23(21)36-27/h5,7,9,11,13-16H,3-4,6,8,10,12,17H2,1-2H3,(H,29,32)(H,30,31). The fourth-order valence-corrected chi connectivity index (χ4v) is 5.53. The van der Waals surface area contributed by atoms with Gasteiger partial charge in [0, 0.05) is 16.1 Å². The molecule has 0 saturated carbocycles. The topological polar surface area (TPSA) is 93.7 Å². The number of benzene rings is 2. The predicted molar refractivity (Wildman–Crippen MR) is 141 cm³/mol. The van der Waals surface area contributed by atoms with Crippen LogP contribution in [0.15, 0.2) is 48.5 Å². The lowest BCUT2D eigenvalue weighted by Crippen LogP contribution is -2.21. The number of hydrogen-bond acceptors (Lipinski definition) is 6. The van der Waals surface area contributed by atoms with E-state index in [1.807, 2.05) is 31.2 Å². The highest BCUT2D eigenvalue weighted by atomic mass is 32.1. The number of thiophene rings is 1. The number of aryl methyl sites for hydroxylation is 2. The van der Waals surface area contributed by atoms with Crippen LogP contribution in [-0.2, 0) is 28.8 Å². The summed E-state index contributed by atoms with van der Waals surface area (Å²) in [7, 11) is 0. The SMILES string of the molecule is CCOC(=O)c1c(NC(=O)COc2ccc(C(=O)Nc3ccccc3CC)cc2)sc2c1CCCC2. The van der Waals surface area contributed by atoms with Gasteiger partial charge < -0.3 is 20.1 Å². The third kappa shape index (κ3) is 5.94. The highest BCUT2D eigenvalue weighted by Crippen LogP contribution is 2.38. The van der Waals surface area contributed by atoms with Crippen LogP contribution in [0.4, 0.5) is 10.7 Å². The predicted octanol–water partition coefficient (Wildman–Crippen LogP) is 5.64. The lowest BCUT2D eigenvalue weighted by Gasteiger charge is -2.12. The highest BCUT2D eigenvalue weighted by molar-refractivity contribution is 7.17. The minimum atomic E-state index is -0.399. The number of hydrogen-bond donors (Lipinski definition) is 2. The van der Waals surface area contributed by atoms with Crippen molar-refractivity contribution >= 4 is 39.8 Å². The number of rotatable bonds is 9. The molecule has 7 nitrogen and oxygen atoms in total. The molecular formula is C28H30N2O5S. The van der Waals surface area contributed by atoms with Crippen molar-refractivity contribution < 1.29 is 23.9 Å². The molecule has 2 amide bonds. The van der Waals surface area contributed by atoms with Crippen LogP contribution in [-0.4, -0.2) is 31.0 Å². The van der Waals surface area contributed by atoms with E-state index >= 15 is 0 Å². The van der Waals surface area contributed by atoms with Crippen LogP contribution in [0.5, 0.6) is 5.75 Å². The molecule has 0 saturated heterocycles. The van der Waals surface area contributed by atoms with Crippen LogP contribution < -0.4 is 15.4 Å². The Balaban J connectivity index is 1.36. The number of carbonyl (C=O) groups excluding carboxylic acids is 3. The maximum Gasteiger partial charge on any atom is 0.341 e. The average molecular weight is 507 g/mol. The number of nitrogens with one attached hydrogen (secondary N) is 2. The second-order valence-corrected chi connectivity index (χ2v) is 9.57. The molecule has 0 atom stereocenters. The molecule has 1 heterocycles. The normalized spacial score (nSPS) is 12.4. The Kier molecular flexibility index (Phi) is 8.38. The molecule has 2 aromatic carbocycles. The number of amides is 2. The van der Waals surface area contributed by atoms with Crippen molar-refractivity contribution in [3.8, 4) is 5.75 Å². The van der Waals surface area contributed by atoms with E-state index in [4.69, 9.17) is 9.47 Å². The number of anilines is 2. The average Bonchev–Trinajstić information content (AvgIpc) is 3.26. The van der Waals surface area contributed by atoms with Gasteiger partial charge in [-0.2, -0.15) is 0 Å². The fraction of sp³-hybridized carbons (Fsp3) is 0.321. The first-order valence-electron chi connectivity index (χ1n) is 12.2. The van der Waals surface area contributed by atoms with E-state index in [1.54, 1.807) is 31.2 Å². The van der Waals surface area contributed by atoms with E-state index in [9.17, 15) is 14.4 Å². The summed E-state index contributed by atoms with van der Waals surface area (Å²) in [6.07, 6.45) is 4.64. The maximum absolute atomic E-state index is 12.6. The largest absolute Gasteiger partial charge is 0.484 e. The molecule has 1 aliphatic rings. The molecule has 0 bridgehead atoms. The minimum Gasteiger partial charge on any atom is -0.484 e. The van der Waals surface area contributed by atoms with Gasteiger partial charge in [0.1, 0.15) is 10.8 Å². The number of para-hydroxylation sites is 1. The molecule has 0 fully saturated rings. The molecule has 4 rings (SSSR count). The van der Waals surface area contributed by atoms with E-state index in [1.165, 1.54) is 11.3 Å². The van der Waals surface area contributed by atoms with Crippen LogP contribution in [0.2, 0.25) is 0 Å². The van der Waals surface area contributed by atoms with Gasteiger partial charge in [0.25, 0.3) is 11.8 Å². The molecule has 0 radical (unpaired) electrons. The first kappa shape index (κ1) is 25.4. The lowest BCUT2D eigenvalue weighted by molar-refractivity contribution is -0.118. The quantitative estimate of drug-likeness (QED) is 0.367. The maximum atomic E-state index is 12.6. The minimum absolute atomic E-state index is 0.214. The van der Waals surface area contributed by atoms with Crippen molar-refractivity contribution in [2.75, 3.05) is 23.8 Å². The van der Waals surface area contributed by atoms with Crippen LogP contribution in [0, 0.1) is 0 Å². The van der Waals surface area contributed by atoms with Gasteiger partial charge in [0.2, 0.25) is 0 Å². The van der Waals surface area contributed by atoms with Gasteiger partial charge in [-0.25, -0.2) is 4.79 Å². The van der Waals surface area contributed by atoms with Crippen LogP contribution in [0.25, 0.3) is 0 Å². The Labute approximate surface area is 214 Å². The summed E-state index contributed by atoms with van der Waals surface area (Å²) >= 11 is 1.44. The first-order chi connectivity index (χ1) is 17.5. The van der Waals surface area contributed by atoms with Crippen molar-refractivity contribution in [3.63, 3.8) is 0 Å². The fourth-order valence-electron chi connectivity index (χ4n) is 4.23. The summed E-state index contributed by atoms with van der Waals surface area (Å²) in [5.74, 6) is -0.513. The second-order valence-electron chi connectivity index (χ2n) is 8.46. The summed E-state index contributed by atoms with van der Waals surface area (Å²) in [5.41, 5.74) is 3.82. The molecule has 3 aromatic rings. The van der Waals surface area contributed by atoms with Crippen molar-refractivity contribution in [2.24, 2.45) is 0 Å². The molecular weight excluding hydrogens is 476 g/mol. The summed E-state index contributed by atoms with van der Waals surface area (Å²) in [6.45, 7) is 3.86. The third-order valence-electron chi connectivity index (χ3n) is 6.04. The smallest absolute Gasteiger partial charge is 0.341 e. The summed E-state index contributed by atoms with van der Waals surface area (Å²) in [6, 6.07) is 14.3. The van der Waals surface area contributed by atoms with Gasteiger partial charge in [0.15, 0.2) is 6.61 Å². The molecule has 1 aromatic heterocycles. The summed E-state index contributed by atoms with van der Waals surface area (Å²) in [4.78, 5) is 39.0. The zero-order valence-corrected chi connectivity index (χ0v) is 21.3. The molecule has 8 heteroatoms. The van der Waals surface area contributed by atoms with Crippen molar-refractivity contribution in [3.05, 3.63) is 75.7 Å². The van der Waals surface area contributed by atoms with E-state index < -0.39 is 5.97 Å². The number of carbonyl (C=O) groups is 3. The van der Waals surface area contributed by atoms with Gasteiger partial charge in [0.05, 0.1) is 12.2 Å². The van der Waals surface area contributed by atoms with Gasteiger partial charge in [-0.1, -0.05) is 25.1 Å². The number of ether oxygens (including phenoxy) is 2. The van der Waals surface area contributed by atoms with Crippen molar-refractivity contribution in [1.29, 1.82) is 0 Å². The van der Waals surface area contributed by atoms with Crippen molar-refractivity contribution in [1.82, 2.24) is 0 Å². The molecule has 1 aliphatic carbocycles. The van der Waals surface area contributed by atoms with Crippen molar-refractivity contribution in [2.45, 2.75) is 46.0 Å². The zero-order chi connectivity index (χ0) is 25.5. The van der Waals surface area contributed by atoms with E-state index in [0.29, 0.717) is 21.9 Å². The molecule has 0 unspecified atom stereocenters. The Hall–Kier alpha value is -3.65. The second kappa shape index (κ2) is 11.9. The molecule has 2 N–H and O–H groups in total. The van der Waals surface area contributed by atoms with E-state index in [-0.39, 0.29) is 25.0 Å². The van der Waals surface area contributed by atoms with Crippen LogP contribution in [0.3, 0.4) is 0 Å². The Bertz CT molecular complexity index is 1250. The number of fused-ring (bicyclic) bond motifs is 1. The highest BCUT2D eigenvalue weighted by Gasteiger charge is 2.27. The van der Waals surface area contributed by atoms with E-state index in [0.717, 1.165) is 53.8 Å². The van der Waals surface area contributed by atoms with Gasteiger partial charge in [-0.05, 0) is 80.5 Å². The van der Waals surface area contributed by atoms with Gasteiger partial charge in [-0.3, -0.25) is 9.59 Å². The lowest BCUT2D eigenvalue weighted by atomic mass is 9.95. The Morgan fingerprint density at radius 1 is 0.944 bits per heavy atom. The third-order valence-corrected chi connectivity index (χ3v) is 7.24. The summed E-state index contributed by atoms with van der Waals surface area (Å²) < 4.78 is 10.9. The molecule has 36 heavy (non-hydrogen) atoms. The number of esters is 1. The molecule has 0 aliphatic heterocycles. The zero-order valence-electron chi connectivity index (χ0n) is 20.5. The van der Waals surface area contributed by atoms with Crippen LogP contribution >= 0.6 is 11.3 Å². The monoisotopic (exact) mass is 506 g/mol. The Morgan fingerprint density at radius 2 is 1.69 bits per heavy atom.